The second-order valence-corrected chi connectivity index (χ2v) is 4.58. The van der Waals surface area contributed by atoms with Gasteiger partial charge in [0, 0.05) is 31.2 Å². The van der Waals surface area contributed by atoms with Crippen LogP contribution < -0.4 is 5.32 Å². The maximum Gasteiger partial charge on any atom is 0.272 e. The van der Waals surface area contributed by atoms with Gasteiger partial charge in [0.2, 0.25) is 0 Å². The van der Waals surface area contributed by atoms with Crippen molar-refractivity contribution in [3.05, 3.63) is 54.1 Å². The minimum Gasteiger partial charge on any atom is -0.379 e. The number of nitrogens with one attached hydrogen (secondary N) is 1. The van der Waals surface area contributed by atoms with Crippen molar-refractivity contribution in [3.63, 3.8) is 0 Å². The third-order valence-corrected chi connectivity index (χ3v) is 3.23. The fourth-order valence-corrected chi connectivity index (χ4v) is 2.03. The van der Waals surface area contributed by atoms with Crippen LogP contribution in [0.2, 0.25) is 0 Å². The smallest absolute Gasteiger partial charge is 0.272 e. The zero-order valence-corrected chi connectivity index (χ0v) is 12.4. The van der Waals surface area contributed by atoms with Crippen molar-refractivity contribution in [2.75, 3.05) is 18.4 Å². The van der Waals surface area contributed by atoms with E-state index >= 15 is 0 Å². The lowest BCUT2D eigenvalue weighted by Crippen LogP contribution is -2.31. The highest BCUT2D eigenvalue weighted by molar-refractivity contribution is 5.93. The van der Waals surface area contributed by atoms with Crippen LogP contribution in [0.1, 0.15) is 30.0 Å². The first-order chi connectivity index (χ1) is 10.2. The Balaban J connectivity index is 2.05. The summed E-state index contributed by atoms with van der Waals surface area (Å²) in [5.74, 6) is -0.0403. The van der Waals surface area contributed by atoms with Crippen LogP contribution in [0, 0.1) is 0 Å². The maximum atomic E-state index is 12.3. The summed E-state index contributed by atoms with van der Waals surface area (Å²) in [7, 11) is 0. The molecule has 2 rings (SSSR count). The van der Waals surface area contributed by atoms with Gasteiger partial charge in [-0.3, -0.25) is 14.8 Å². The monoisotopic (exact) mass is 284 g/mol. The Morgan fingerprint density at radius 1 is 1.14 bits per heavy atom. The normalized spacial score (nSPS) is 10.2. The van der Waals surface area contributed by atoms with E-state index in [0.717, 1.165) is 11.4 Å². The topological polar surface area (TPSA) is 58.1 Å². The average Bonchev–Trinajstić information content (AvgIpc) is 2.55. The molecule has 2 heterocycles. The molecule has 0 saturated carbocycles. The van der Waals surface area contributed by atoms with Crippen molar-refractivity contribution in [1.29, 1.82) is 0 Å². The number of carbonyl (C=O) groups is 1. The van der Waals surface area contributed by atoms with Crippen LogP contribution in [0.15, 0.2) is 42.7 Å². The van der Waals surface area contributed by atoms with Crippen LogP contribution in [0.3, 0.4) is 0 Å². The van der Waals surface area contributed by atoms with Gasteiger partial charge < -0.3 is 10.2 Å². The van der Waals surface area contributed by atoms with E-state index in [-0.39, 0.29) is 5.91 Å². The van der Waals surface area contributed by atoms with E-state index in [4.69, 9.17) is 0 Å². The first-order valence-corrected chi connectivity index (χ1v) is 7.13. The van der Waals surface area contributed by atoms with Crippen molar-refractivity contribution in [1.82, 2.24) is 14.9 Å². The lowest BCUT2D eigenvalue weighted by atomic mass is 10.2. The minimum absolute atomic E-state index is 0.0403. The molecule has 0 bridgehead atoms. The van der Waals surface area contributed by atoms with Crippen molar-refractivity contribution in [2.45, 2.75) is 20.4 Å². The van der Waals surface area contributed by atoms with Crippen LogP contribution in [-0.2, 0) is 6.54 Å². The molecule has 5 heteroatoms. The predicted molar refractivity (Wildman–Crippen MR) is 83.1 cm³/mol. The molecule has 0 fully saturated rings. The molecule has 0 aliphatic rings. The second kappa shape index (κ2) is 7.38. The molecule has 0 spiro atoms. The largest absolute Gasteiger partial charge is 0.379 e. The van der Waals surface area contributed by atoms with E-state index in [1.807, 2.05) is 38.1 Å². The van der Waals surface area contributed by atoms with Gasteiger partial charge in [-0.1, -0.05) is 6.07 Å². The van der Waals surface area contributed by atoms with Gasteiger partial charge in [-0.15, -0.1) is 0 Å². The van der Waals surface area contributed by atoms with Gasteiger partial charge in [-0.05, 0) is 38.1 Å². The third kappa shape index (κ3) is 4.02. The molecule has 2 aromatic heterocycles. The summed E-state index contributed by atoms with van der Waals surface area (Å²) < 4.78 is 0. The predicted octanol–water partition coefficient (Wildman–Crippen LogP) is 2.57. The Hall–Kier alpha value is -2.43. The number of carbonyl (C=O) groups excluding carboxylic acids is 1. The molecule has 0 saturated heterocycles. The number of hydrogen-bond acceptors (Lipinski definition) is 4. The summed E-state index contributed by atoms with van der Waals surface area (Å²) in [6.45, 7) is 5.91. The summed E-state index contributed by atoms with van der Waals surface area (Å²) >= 11 is 0. The summed E-state index contributed by atoms with van der Waals surface area (Å²) in [6, 6.07) is 9.42. The van der Waals surface area contributed by atoms with Crippen molar-refractivity contribution in [3.8, 4) is 0 Å². The summed E-state index contributed by atoms with van der Waals surface area (Å²) in [5.41, 5.74) is 2.28. The highest BCUT2D eigenvalue weighted by Crippen LogP contribution is 2.11. The third-order valence-electron chi connectivity index (χ3n) is 3.23. The molecule has 1 amide bonds. The summed E-state index contributed by atoms with van der Waals surface area (Å²) in [5, 5.41) is 3.26. The molecule has 1 N–H and O–H groups in total. The zero-order chi connectivity index (χ0) is 15.1. The molecule has 110 valence electrons. The molecule has 2 aromatic rings. The second-order valence-electron chi connectivity index (χ2n) is 4.58. The Morgan fingerprint density at radius 3 is 2.62 bits per heavy atom. The Morgan fingerprint density at radius 2 is 1.95 bits per heavy atom. The van der Waals surface area contributed by atoms with Gasteiger partial charge in [-0.2, -0.15) is 0 Å². The number of anilines is 1. The van der Waals surface area contributed by atoms with Crippen molar-refractivity contribution < 1.29 is 4.79 Å². The number of aromatic nitrogens is 2. The standard InChI is InChI=1S/C16H20N4O/c1-3-20(4-2)16(21)15-11-13(8-10-18-15)19-12-14-7-5-6-9-17-14/h5-11H,3-4,12H2,1-2H3,(H,18,19). The van der Waals surface area contributed by atoms with E-state index in [1.54, 1.807) is 23.4 Å². The van der Waals surface area contributed by atoms with Crippen LogP contribution in [0.5, 0.6) is 0 Å². The fourth-order valence-electron chi connectivity index (χ4n) is 2.03. The molecular formula is C16H20N4O. The maximum absolute atomic E-state index is 12.3. The Bertz CT molecular complexity index is 582. The molecule has 0 aliphatic heterocycles. The number of nitrogens with zero attached hydrogens (tertiary/aromatic N) is 3. The molecular weight excluding hydrogens is 264 g/mol. The minimum atomic E-state index is -0.0403. The van der Waals surface area contributed by atoms with Gasteiger partial charge in [-0.25, -0.2) is 0 Å². The first kappa shape index (κ1) is 15.0. The molecule has 0 radical (unpaired) electrons. The van der Waals surface area contributed by atoms with Crippen molar-refractivity contribution >= 4 is 11.6 Å². The summed E-state index contributed by atoms with van der Waals surface area (Å²) in [4.78, 5) is 22.4. The van der Waals surface area contributed by atoms with E-state index in [2.05, 4.69) is 15.3 Å². The molecule has 5 nitrogen and oxygen atoms in total. The molecule has 21 heavy (non-hydrogen) atoms. The fraction of sp³-hybridized carbons (Fsp3) is 0.312. The number of amides is 1. The van der Waals surface area contributed by atoms with E-state index in [1.165, 1.54) is 0 Å². The Labute approximate surface area is 125 Å². The van der Waals surface area contributed by atoms with Crippen LogP contribution >= 0.6 is 0 Å². The lowest BCUT2D eigenvalue weighted by Gasteiger charge is -2.18. The molecule has 0 aliphatic carbocycles. The SMILES string of the molecule is CCN(CC)C(=O)c1cc(NCc2ccccn2)ccn1. The molecule has 0 unspecified atom stereocenters. The van der Waals surface area contributed by atoms with E-state index < -0.39 is 0 Å². The number of hydrogen-bond donors (Lipinski definition) is 1. The van der Waals surface area contributed by atoms with Crippen LogP contribution in [-0.4, -0.2) is 33.9 Å². The average molecular weight is 284 g/mol. The number of pyridine rings is 2. The van der Waals surface area contributed by atoms with Gasteiger partial charge in [0.1, 0.15) is 5.69 Å². The van der Waals surface area contributed by atoms with E-state index in [9.17, 15) is 4.79 Å². The van der Waals surface area contributed by atoms with Crippen LogP contribution in [0.25, 0.3) is 0 Å². The quantitative estimate of drug-likeness (QED) is 0.885. The van der Waals surface area contributed by atoms with Gasteiger partial charge in [0.05, 0.1) is 12.2 Å². The van der Waals surface area contributed by atoms with Gasteiger partial charge in [0.15, 0.2) is 0 Å². The van der Waals surface area contributed by atoms with Crippen molar-refractivity contribution in [2.24, 2.45) is 0 Å². The molecule has 0 aromatic carbocycles. The summed E-state index contributed by atoms with van der Waals surface area (Å²) in [6.07, 6.45) is 3.41. The molecule has 0 atom stereocenters. The first-order valence-electron chi connectivity index (χ1n) is 7.13. The Kier molecular flexibility index (Phi) is 5.26. The van der Waals surface area contributed by atoms with Crippen LogP contribution in [0.4, 0.5) is 5.69 Å². The number of rotatable bonds is 6. The zero-order valence-electron chi connectivity index (χ0n) is 12.4. The lowest BCUT2D eigenvalue weighted by molar-refractivity contribution is 0.0767. The van der Waals surface area contributed by atoms with Gasteiger partial charge >= 0.3 is 0 Å². The highest BCUT2D eigenvalue weighted by Gasteiger charge is 2.13. The van der Waals surface area contributed by atoms with E-state index in [0.29, 0.717) is 25.3 Å². The highest BCUT2D eigenvalue weighted by atomic mass is 16.2. The van der Waals surface area contributed by atoms with Gasteiger partial charge in [0.25, 0.3) is 5.91 Å².